The molecule has 0 saturated carbocycles. The number of aromatic nitrogens is 2. The molecule has 166 valence electrons. The molecule has 1 fully saturated rings. The first-order chi connectivity index (χ1) is 15.7. The third kappa shape index (κ3) is 4.99. The minimum atomic E-state index is -0.0306. The van der Waals surface area contributed by atoms with Crippen LogP contribution in [0.1, 0.15) is 12.5 Å². The van der Waals surface area contributed by atoms with Gasteiger partial charge in [-0.15, -0.1) is 10.2 Å². The minimum absolute atomic E-state index is 0.00494. The zero-order chi connectivity index (χ0) is 22.3. The molecule has 0 atom stereocenters. The van der Waals surface area contributed by atoms with E-state index in [0.717, 1.165) is 17.1 Å². The number of carbonyl (C=O) groups excluding carboxylic acids is 1. The van der Waals surface area contributed by atoms with Crippen molar-refractivity contribution in [3.63, 3.8) is 0 Å². The lowest BCUT2D eigenvalue weighted by Crippen LogP contribution is -2.50. The van der Waals surface area contributed by atoms with E-state index in [-0.39, 0.29) is 12.5 Å². The summed E-state index contributed by atoms with van der Waals surface area (Å²) in [6, 6.07) is 19.6. The average molecular weight is 433 g/mol. The van der Waals surface area contributed by atoms with Crippen molar-refractivity contribution in [2.45, 2.75) is 13.8 Å². The quantitative estimate of drug-likeness (QED) is 0.569. The van der Waals surface area contributed by atoms with E-state index in [9.17, 15) is 4.79 Å². The summed E-state index contributed by atoms with van der Waals surface area (Å²) in [4.78, 5) is 16.6. The van der Waals surface area contributed by atoms with Gasteiger partial charge in [-0.2, -0.15) is 0 Å². The Hall–Kier alpha value is -3.61. The Morgan fingerprint density at radius 2 is 1.56 bits per heavy atom. The highest BCUT2D eigenvalue weighted by Gasteiger charge is 2.23. The van der Waals surface area contributed by atoms with Gasteiger partial charge in [0.25, 0.3) is 5.91 Å². The summed E-state index contributed by atoms with van der Waals surface area (Å²) in [6.07, 6.45) is 0. The zero-order valence-electron chi connectivity index (χ0n) is 18.5. The SMILES string of the molecule is CCOc1ccccc1OCC(=O)N1CCN(c2ccc(-c3ccccc3C)nn2)CC1. The molecule has 0 unspecified atom stereocenters. The Bertz CT molecular complexity index is 1050. The maximum absolute atomic E-state index is 12.6. The molecule has 1 saturated heterocycles. The van der Waals surface area contributed by atoms with E-state index >= 15 is 0 Å². The highest BCUT2D eigenvalue weighted by Crippen LogP contribution is 2.26. The van der Waals surface area contributed by atoms with Gasteiger partial charge in [0.15, 0.2) is 23.9 Å². The molecule has 0 N–H and O–H groups in total. The van der Waals surface area contributed by atoms with E-state index in [2.05, 4.69) is 34.2 Å². The average Bonchev–Trinajstić information content (AvgIpc) is 2.84. The fourth-order valence-corrected chi connectivity index (χ4v) is 3.76. The molecule has 1 amide bonds. The molecular weight excluding hydrogens is 404 g/mol. The van der Waals surface area contributed by atoms with E-state index < -0.39 is 0 Å². The standard InChI is InChI=1S/C25H28N4O3/c1-3-31-22-10-6-7-11-23(22)32-18-25(30)29-16-14-28(15-17-29)24-13-12-21(26-27-24)20-9-5-4-8-19(20)2/h4-13H,3,14-18H2,1-2H3. The molecule has 32 heavy (non-hydrogen) atoms. The predicted octanol–water partition coefficient (Wildman–Crippen LogP) is 3.58. The maximum atomic E-state index is 12.6. The number of benzene rings is 2. The number of carbonyl (C=O) groups is 1. The van der Waals surface area contributed by atoms with Gasteiger partial charge in [0.1, 0.15) is 0 Å². The number of piperazine rings is 1. The van der Waals surface area contributed by atoms with Crippen molar-refractivity contribution < 1.29 is 14.3 Å². The Morgan fingerprint density at radius 1 is 0.875 bits per heavy atom. The van der Waals surface area contributed by atoms with Crippen LogP contribution >= 0.6 is 0 Å². The first-order valence-corrected chi connectivity index (χ1v) is 10.9. The number of hydrogen-bond acceptors (Lipinski definition) is 6. The highest BCUT2D eigenvalue weighted by atomic mass is 16.5. The van der Waals surface area contributed by atoms with Crippen LogP contribution in [-0.2, 0) is 4.79 Å². The molecule has 2 aromatic carbocycles. The maximum Gasteiger partial charge on any atom is 0.260 e. The number of aryl methyl sites for hydroxylation is 1. The molecule has 1 aromatic heterocycles. The first-order valence-electron chi connectivity index (χ1n) is 10.9. The number of anilines is 1. The lowest BCUT2D eigenvalue weighted by Gasteiger charge is -2.35. The lowest BCUT2D eigenvalue weighted by atomic mass is 10.1. The molecular formula is C25H28N4O3. The van der Waals surface area contributed by atoms with Crippen molar-refractivity contribution in [1.29, 1.82) is 0 Å². The zero-order valence-corrected chi connectivity index (χ0v) is 18.5. The second kappa shape index (κ2) is 10.1. The Morgan fingerprint density at radius 3 is 2.22 bits per heavy atom. The van der Waals surface area contributed by atoms with Crippen molar-refractivity contribution in [2.24, 2.45) is 0 Å². The number of para-hydroxylation sites is 2. The van der Waals surface area contributed by atoms with Crippen LogP contribution in [0.15, 0.2) is 60.7 Å². The van der Waals surface area contributed by atoms with Gasteiger partial charge >= 0.3 is 0 Å². The molecule has 0 spiro atoms. The Kier molecular flexibility index (Phi) is 6.84. The normalized spacial score (nSPS) is 13.7. The molecule has 0 bridgehead atoms. The molecule has 7 heteroatoms. The third-order valence-electron chi connectivity index (χ3n) is 5.53. The van der Waals surface area contributed by atoms with E-state index in [1.165, 1.54) is 5.56 Å². The first kappa shape index (κ1) is 21.6. The molecule has 0 radical (unpaired) electrons. The summed E-state index contributed by atoms with van der Waals surface area (Å²) >= 11 is 0. The summed E-state index contributed by atoms with van der Waals surface area (Å²) in [7, 11) is 0. The van der Waals surface area contributed by atoms with Gasteiger partial charge in [0.2, 0.25) is 0 Å². The topological polar surface area (TPSA) is 67.8 Å². The van der Waals surface area contributed by atoms with E-state index in [1.807, 2.05) is 60.4 Å². The monoisotopic (exact) mass is 432 g/mol. The predicted molar refractivity (Wildman–Crippen MR) is 124 cm³/mol. The summed E-state index contributed by atoms with van der Waals surface area (Å²) < 4.78 is 11.3. The van der Waals surface area contributed by atoms with Crippen LogP contribution < -0.4 is 14.4 Å². The Balaban J connectivity index is 1.30. The van der Waals surface area contributed by atoms with Crippen LogP contribution in [0.25, 0.3) is 11.3 Å². The third-order valence-corrected chi connectivity index (χ3v) is 5.53. The smallest absolute Gasteiger partial charge is 0.260 e. The highest BCUT2D eigenvalue weighted by molar-refractivity contribution is 5.78. The number of nitrogens with zero attached hydrogens (tertiary/aromatic N) is 4. The molecule has 1 aliphatic heterocycles. The molecule has 0 aliphatic carbocycles. The van der Waals surface area contributed by atoms with Crippen molar-refractivity contribution in [2.75, 3.05) is 44.3 Å². The minimum Gasteiger partial charge on any atom is -0.490 e. The van der Waals surface area contributed by atoms with E-state index in [4.69, 9.17) is 9.47 Å². The van der Waals surface area contributed by atoms with Crippen LogP contribution in [0.2, 0.25) is 0 Å². The molecule has 1 aliphatic rings. The second-order valence-corrected chi connectivity index (χ2v) is 7.63. The van der Waals surface area contributed by atoms with Crippen LogP contribution in [0, 0.1) is 6.92 Å². The summed E-state index contributed by atoms with van der Waals surface area (Å²) in [6.45, 7) is 7.19. The number of ether oxygens (including phenoxy) is 2. The van der Waals surface area contributed by atoms with Crippen molar-refractivity contribution in [1.82, 2.24) is 15.1 Å². The van der Waals surface area contributed by atoms with E-state index in [1.54, 1.807) is 0 Å². The van der Waals surface area contributed by atoms with Gasteiger partial charge in [0.05, 0.1) is 12.3 Å². The van der Waals surface area contributed by atoms with Gasteiger partial charge in [-0.3, -0.25) is 4.79 Å². The van der Waals surface area contributed by atoms with Crippen LogP contribution in [0.4, 0.5) is 5.82 Å². The fraction of sp³-hybridized carbons (Fsp3) is 0.320. The van der Waals surface area contributed by atoms with Crippen LogP contribution in [-0.4, -0.2) is 60.4 Å². The second-order valence-electron chi connectivity index (χ2n) is 7.63. The number of rotatable bonds is 7. The van der Waals surface area contributed by atoms with Gasteiger partial charge in [-0.25, -0.2) is 0 Å². The fourth-order valence-electron chi connectivity index (χ4n) is 3.76. The molecule has 7 nitrogen and oxygen atoms in total. The van der Waals surface area contributed by atoms with E-state index in [0.29, 0.717) is 44.3 Å². The van der Waals surface area contributed by atoms with Crippen molar-refractivity contribution in [3.05, 3.63) is 66.2 Å². The van der Waals surface area contributed by atoms with Gasteiger partial charge in [-0.05, 0) is 43.7 Å². The Labute approximate surface area is 188 Å². The van der Waals surface area contributed by atoms with Crippen LogP contribution in [0.3, 0.4) is 0 Å². The lowest BCUT2D eigenvalue weighted by molar-refractivity contribution is -0.133. The number of hydrogen-bond donors (Lipinski definition) is 0. The molecule has 4 rings (SSSR count). The molecule has 3 aromatic rings. The largest absolute Gasteiger partial charge is 0.490 e. The summed E-state index contributed by atoms with van der Waals surface area (Å²) in [5, 5.41) is 8.85. The van der Waals surface area contributed by atoms with Crippen molar-refractivity contribution >= 4 is 11.7 Å². The molecule has 2 heterocycles. The number of amides is 1. The van der Waals surface area contributed by atoms with Crippen molar-refractivity contribution in [3.8, 4) is 22.8 Å². The summed E-state index contributed by atoms with van der Waals surface area (Å²) in [5.41, 5.74) is 3.13. The van der Waals surface area contributed by atoms with Gasteiger partial charge < -0.3 is 19.3 Å². The van der Waals surface area contributed by atoms with Crippen LogP contribution in [0.5, 0.6) is 11.5 Å². The summed E-state index contributed by atoms with van der Waals surface area (Å²) in [5.74, 6) is 2.04. The van der Waals surface area contributed by atoms with Gasteiger partial charge in [0, 0.05) is 31.7 Å². The van der Waals surface area contributed by atoms with Gasteiger partial charge in [-0.1, -0.05) is 36.4 Å².